The molecule has 3 rings (SSSR count). The summed E-state index contributed by atoms with van der Waals surface area (Å²) in [7, 11) is -6.86. The van der Waals surface area contributed by atoms with E-state index < -0.39 is 25.6 Å². The number of rotatable bonds is 12. The van der Waals surface area contributed by atoms with Crippen molar-refractivity contribution in [3.63, 3.8) is 0 Å². The Bertz CT molecular complexity index is 841. The maximum atomic E-state index is 12.8. The van der Waals surface area contributed by atoms with Gasteiger partial charge in [0, 0.05) is 12.3 Å². The van der Waals surface area contributed by atoms with Gasteiger partial charge in [0.2, 0.25) is 0 Å². The summed E-state index contributed by atoms with van der Waals surface area (Å²) in [6.45, 7) is 0. The first-order valence-electron chi connectivity index (χ1n) is 11.6. The molecule has 0 amide bonds. The van der Waals surface area contributed by atoms with Crippen molar-refractivity contribution in [2.24, 2.45) is 11.8 Å². The van der Waals surface area contributed by atoms with Crippen molar-refractivity contribution in [1.29, 1.82) is 0 Å². The lowest BCUT2D eigenvalue weighted by Crippen LogP contribution is -2.35. The largest absolute Gasteiger partial charge is 0.481 e. The van der Waals surface area contributed by atoms with Gasteiger partial charge in [0.15, 0.2) is 19.7 Å². The molecule has 31 heavy (non-hydrogen) atoms. The number of carboxylic acids is 1. The van der Waals surface area contributed by atoms with Crippen LogP contribution in [0.4, 0.5) is 0 Å². The first-order valence-corrected chi connectivity index (χ1v) is 15.2. The lowest BCUT2D eigenvalue weighted by Gasteiger charge is -2.27. The standard InChI is InChI=1S/C22H36O7S2/c23-22(24)11-7-2-1-6-10-18-19(21-13-12-20(18)29-21)16-30(25,26)14-15-31(27,28)17-8-4-3-5-9-17/h1,6,17-21H,2-5,7-16H2,(H,23,24)/b6-1-/t18-,19+,20-,21+/m1/s1. The van der Waals surface area contributed by atoms with Gasteiger partial charge >= 0.3 is 5.97 Å². The number of hydrogen-bond acceptors (Lipinski definition) is 6. The number of fused-ring (bicyclic) bond motifs is 2. The second-order valence-electron chi connectivity index (χ2n) is 9.35. The Morgan fingerprint density at radius 3 is 2.26 bits per heavy atom. The summed E-state index contributed by atoms with van der Waals surface area (Å²) < 4.78 is 56.8. The lowest BCUT2D eigenvalue weighted by atomic mass is 9.78. The van der Waals surface area contributed by atoms with Crippen LogP contribution >= 0.6 is 0 Å². The van der Waals surface area contributed by atoms with Gasteiger partial charge in [-0.2, -0.15) is 0 Å². The smallest absolute Gasteiger partial charge is 0.303 e. The molecule has 2 aliphatic heterocycles. The van der Waals surface area contributed by atoms with Crippen molar-refractivity contribution < 1.29 is 31.5 Å². The molecule has 7 nitrogen and oxygen atoms in total. The van der Waals surface area contributed by atoms with Crippen molar-refractivity contribution in [2.75, 3.05) is 17.3 Å². The molecule has 2 saturated heterocycles. The van der Waals surface area contributed by atoms with Crippen molar-refractivity contribution in [3.8, 4) is 0 Å². The van der Waals surface area contributed by atoms with Crippen LogP contribution < -0.4 is 0 Å². The Balaban J connectivity index is 1.52. The molecule has 0 radical (unpaired) electrons. The van der Waals surface area contributed by atoms with Crippen LogP contribution in [0, 0.1) is 11.8 Å². The molecule has 3 fully saturated rings. The SMILES string of the molecule is O=C(O)CCC/C=C\C[C@@H]1[C@H](CS(=O)(=O)CCS(=O)(=O)C2CCCCC2)[C@@H]2CC[C@H]1O2. The maximum absolute atomic E-state index is 12.8. The number of sulfone groups is 2. The second kappa shape index (κ2) is 10.8. The summed E-state index contributed by atoms with van der Waals surface area (Å²) in [5.74, 6) is -1.34. The number of carboxylic acid groups (broad SMARTS) is 1. The molecule has 1 saturated carbocycles. The fraction of sp³-hybridized carbons (Fsp3) is 0.864. The lowest BCUT2D eigenvalue weighted by molar-refractivity contribution is -0.137. The summed E-state index contributed by atoms with van der Waals surface area (Å²) >= 11 is 0. The van der Waals surface area contributed by atoms with Crippen LogP contribution in [0.1, 0.15) is 70.6 Å². The molecule has 0 aromatic carbocycles. The van der Waals surface area contributed by atoms with E-state index >= 15 is 0 Å². The van der Waals surface area contributed by atoms with Crippen molar-refractivity contribution in [1.82, 2.24) is 0 Å². The fourth-order valence-corrected chi connectivity index (χ4v) is 9.93. The van der Waals surface area contributed by atoms with Gasteiger partial charge in [-0.05, 0) is 50.9 Å². The van der Waals surface area contributed by atoms with Crippen LogP contribution in [0.3, 0.4) is 0 Å². The van der Waals surface area contributed by atoms with Gasteiger partial charge in [0.25, 0.3) is 0 Å². The number of ether oxygens (including phenoxy) is 1. The number of aliphatic carboxylic acids is 1. The minimum atomic E-state index is -3.49. The van der Waals surface area contributed by atoms with Gasteiger partial charge in [-0.25, -0.2) is 16.8 Å². The Morgan fingerprint density at radius 1 is 0.903 bits per heavy atom. The van der Waals surface area contributed by atoms with Crippen LogP contribution in [0.5, 0.6) is 0 Å². The minimum Gasteiger partial charge on any atom is -0.481 e. The van der Waals surface area contributed by atoms with E-state index in [-0.39, 0.29) is 53.0 Å². The molecule has 1 aliphatic carbocycles. The predicted molar refractivity (Wildman–Crippen MR) is 119 cm³/mol. The molecule has 2 bridgehead atoms. The molecule has 0 aromatic rings. The van der Waals surface area contributed by atoms with Crippen LogP contribution in [0.2, 0.25) is 0 Å². The van der Waals surface area contributed by atoms with E-state index in [2.05, 4.69) is 0 Å². The first-order chi connectivity index (χ1) is 14.7. The summed E-state index contributed by atoms with van der Waals surface area (Å²) in [5, 5.41) is 8.32. The third kappa shape index (κ3) is 7.02. The van der Waals surface area contributed by atoms with Gasteiger partial charge in [0.1, 0.15) is 0 Å². The second-order valence-corrected chi connectivity index (χ2v) is 14.0. The van der Waals surface area contributed by atoms with Crippen LogP contribution in [0.25, 0.3) is 0 Å². The average Bonchev–Trinajstić information content (AvgIpc) is 3.32. The fourth-order valence-electron chi connectivity index (χ4n) is 5.38. The average molecular weight is 477 g/mol. The Labute approximate surface area is 186 Å². The predicted octanol–water partition coefficient (Wildman–Crippen LogP) is 3.14. The molecule has 2 heterocycles. The molecule has 0 spiro atoms. The van der Waals surface area contributed by atoms with Gasteiger partial charge < -0.3 is 9.84 Å². The Hall–Kier alpha value is -0.930. The van der Waals surface area contributed by atoms with E-state index in [0.717, 1.165) is 38.5 Å². The topological polar surface area (TPSA) is 115 Å². The molecule has 0 aromatic heterocycles. The summed E-state index contributed by atoms with van der Waals surface area (Å²) in [6.07, 6.45) is 12.1. The van der Waals surface area contributed by atoms with E-state index in [1.807, 2.05) is 12.2 Å². The van der Waals surface area contributed by atoms with Gasteiger partial charge in [0.05, 0.1) is 34.7 Å². The van der Waals surface area contributed by atoms with Crippen molar-refractivity contribution in [2.45, 2.75) is 88.1 Å². The van der Waals surface area contributed by atoms with Crippen molar-refractivity contribution >= 4 is 25.6 Å². The summed E-state index contributed by atoms with van der Waals surface area (Å²) in [5.41, 5.74) is 0. The third-order valence-electron chi connectivity index (χ3n) is 7.11. The summed E-state index contributed by atoms with van der Waals surface area (Å²) in [4.78, 5) is 10.6. The Morgan fingerprint density at radius 2 is 1.58 bits per heavy atom. The van der Waals surface area contributed by atoms with Crippen LogP contribution in [-0.2, 0) is 29.2 Å². The molecule has 9 heteroatoms. The molecule has 1 N–H and O–H groups in total. The zero-order chi connectivity index (χ0) is 22.5. The maximum Gasteiger partial charge on any atom is 0.303 e. The van der Waals surface area contributed by atoms with Crippen LogP contribution in [-0.4, -0.2) is 62.6 Å². The Kier molecular flexibility index (Phi) is 8.60. The number of hydrogen-bond donors (Lipinski definition) is 1. The highest BCUT2D eigenvalue weighted by atomic mass is 32.2. The molecule has 0 unspecified atom stereocenters. The quantitative estimate of drug-likeness (QED) is 0.340. The van der Waals surface area contributed by atoms with E-state index in [4.69, 9.17) is 9.84 Å². The monoisotopic (exact) mass is 476 g/mol. The highest BCUT2D eigenvalue weighted by Crippen LogP contribution is 2.45. The molecule has 3 aliphatic rings. The number of carbonyl (C=O) groups is 1. The molecule has 4 atom stereocenters. The third-order valence-corrected chi connectivity index (χ3v) is 11.3. The van der Waals surface area contributed by atoms with E-state index in [0.29, 0.717) is 25.7 Å². The normalized spacial score (nSPS) is 29.7. The van der Waals surface area contributed by atoms with Gasteiger partial charge in [-0.15, -0.1) is 0 Å². The van der Waals surface area contributed by atoms with Crippen molar-refractivity contribution in [3.05, 3.63) is 12.2 Å². The molecule has 178 valence electrons. The number of unbranched alkanes of at least 4 members (excludes halogenated alkanes) is 1. The van der Waals surface area contributed by atoms with E-state index in [9.17, 15) is 21.6 Å². The van der Waals surface area contributed by atoms with Gasteiger partial charge in [-0.1, -0.05) is 31.4 Å². The zero-order valence-electron chi connectivity index (χ0n) is 18.2. The molecular weight excluding hydrogens is 440 g/mol. The van der Waals surface area contributed by atoms with Crippen LogP contribution in [0.15, 0.2) is 12.2 Å². The zero-order valence-corrected chi connectivity index (χ0v) is 19.8. The number of allylic oxidation sites excluding steroid dienone is 2. The summed E-state index contributed by atoms with van der Waals surface area (Å²) in [6, 6.07) is 0. The minimum absolute atomic E-state index is 0.00806. The van der Waals surface area contributed by atoms with Gasteiger partial charge in [-0.3, -0.25) is 4.79 Å². The highest BCUT2D eigenvalue weighted by molar-refractivity contribution is 7.95. The first kappa shape index (κ1) is 24.7. The highest BCUT2D eigenvalue weighted by Gasteiger charge is 2.49. The van der Waals surface area contributed by atoms with E-state index in [1.54, 1.807) is 0 Å². The van der Waals surface area contributed by atoms with E-state index in [1.165, 1.54) is 0 Å². The molecular formula is C22H36O7S2.